The van der Waals surface area contributed by atoms with Crippen molar-refractivity contribution in [3.8, 4) is 22.3 Å². The maximum Gasteiger partial charge on any atom is 0.420 e. The normalized spacial score (nSPS) is 15.3. The summed E-state index contributed by atoms with van der Waals surface area (Å²) in [5.74, 6) is 1.12. The number of aliphatic hydroxyl groups excluding tert-OH is 2. The Kier molecular flexibility index (Phi) is 10.9. The molecule has 4 heterocycles. The number of carbonyl (C=O) groups is 2. The molecule has 2 aliphatic carbocycles. The molecular formula is C42H36F6N6O4. The number of carbonyl (C=O) groups excluding carboxylic acids is 2. The Bertz CT molecular complexity index is 2360. The lowest BCUT2D eigenvalue weighted by Crippen LogP contribution is -2.21. The van der Waals surface area contributed by atoms with E-state index >= 15 is 0 Å². The number of benzene rings is 2. The zero-order valence-electron chi connectivity index (χ0n) is 31.0. The van der Waals surface area contributed by atoms with Crippen LogP contribution in [0.2, 0.25) is 0 Å². The second-order valence-electron chi connectivity index (χ2n) is 14.5. The van der Waals surface area contributed by atoms with Crippen LogP contribution in [0.5, 0.6) is 0 Å². The van der Waals surface area contributed by atoms with Crippen molar-refractivity contribution in [3.05, 3.63) is 108 Å². The van der Waals surface area contributed by atoms with Crippen molar-refractivity contribution in [2.75, 3.05) is 10.6 Å². The minimum Gasteiger partial charge on any atom is -0.378 e. The highest BCUT2D eigenvalue weighted by Crippen LogP contribution is 2.36. The van der Waals surface area contributed by atoms with E-state index in [4.69, 9.17) is 0 Å². The van der Waals surface area contributed by atoms with Crippen molar-refractivity contribution >= 4 is 45.0 Å². The van der Waals surface area contributed by atoms with E-state index in [1.54, 1.807) is 38.4 Å². The van der Waals surface area contributed by atoms with Crippen LogP contribution in [-0.4, -0.2) is 54.3 Å². The van der Waals surface area contributed by atoms with E-state index in [0.29, 0.717) is 33.9 Å². The van der Waals surface area contributed by atoms with Crippen molar-refractivity contribution in [2.45, 2.75) is 64.1 Å². The topological polar surface area (TPSA) is 150 Å². The first-order valence-electron chi connectivity index (χ1n) is 18.3. The third-order valence-electron chi connectivity index (χ3n) is 9.91. The zero-order chi connectivity index (χ0) is 41.5. The highest BCUT2D eigenvalue weighted by molar-refractivity contribution is 5.97. The lowest BCUT2D eigenvalue weighted by Gasteiger charge is -2.15. The van der Waals surface area contributed by atoms with Gasteiger partial charge in [-0.3, -0.25) is 19.6 Å². The number of aliphatic hydroxyl groups is 2. The molecule has 2 aromatic carbocycles. The number of halogens is 6. The van der Waals surface area contributed by atoms with Crippen molar-refractivity contribution in [3.63, 3.8) is 0 Å². The summed E-state index contributed by atoms with van der Waals surface area (Å²) in [4.78, 5) is 39.9. The third kappa shape index (κ3) is 9.24. The molecule has 10 nitrogen and oxygen atoms in total. The fourth-order valence-corrected chi connectivity index (χ4v) is 6.30. The Morgan fingerprint density at radius 2 is 0.948 bits per heavy atom. The van der Waals surface area contributed by atoms with Gasteiger partial charge in [0, 0.05) is 58.5 Å². The van der Waals surface area contributed by atoms with Crippen LogP contribution >= 0.6 is 0 Å². The van der Waals surface area contributed by atoms with E-state index in [1.807, 2.05) is 36.4 Å². The number of aryl methyl sites for hydroxylation is 2. The second-order valence-corrected chi connectivity index (χ2v) is 14.5. The number of alkyl halides is 6. The van der Waals surface area contributed by atoms with E-state index < -0.39 is 35.9 Å². The van der Waals surface area contributed by atoms with Crippen molar-refractivity contribution in [1.29, 1.82) is 0 Å². The number of aromatic nitrogens is 4. The molecule has 16 heteroatoms. The maximum absolute atomic E-state index is 12.7. The van der Waals surface area contributed by atoms with Gasteiger partial charge in [0.05, 0.1) is 11.4 Å². The molecule has 4 aromatic heterocycles. The van der Waals surface area contributed by atoms with Gasteiger partial charge in [0.25, 0.3) is 0 Å². The van der Waals surface area contributed by atoms with Gasteiger partial charge < -0.3 is 20.8 Å². The fourth-order valence-electron chi connectivity index (χ4n) is 6.30. The lowest BCUT2D eigenvalue weighted by atomic mass is 9.99. The summed E-state index contributed by atoms with van der Waals surface area (Å²) in [7, 11) is 0. The van der Waals surface area contributed by atoms with Crippen LogP contribution < -0.4 is 10.6 Å². The number of hydrogen-bond acceptors (Lipinski definition) is 8. The first-order chi connectivity index (χ1) is 27.4. The molecule has 2 atom stereocenters. The van der Waals surface area contributed by atoms with Crippen LogP contribution in [0.1, 0.15) is 60.4 Å². The highest BCUT2D eigenvalue weighted by atomic mass is 19.4. The summed E-state index contributed by atoms with van der Waals surface area (Å²) in [5, 5.41) is 27.8. The molecule has 0 radical (unpaired) electrons. The molecule has 58 heavy (non-hydrogen) atoms. The SMILES string of the molecule is Cc1cc([C@@H](O)C(F)(F)F)ncc1-c1ccc2cc(NC(=O)C3CC3)ncc2c1.Cc1cc([C@H](O)C(F)(F)F)ncc1-c1ccc2cc(NC(=O)C3CC3)ncc2c1. The van der Waals surface area contributed by atoms with E-state index in [9.17, 15) is 46.1 Å². The summed E-state index contributed by atoms with van der Waals surface area (Å²) in [6.45, 7) is 3.34. The number of hydrogen-bond donors (Lipinski definition) is 4. The number of pyridine rings is 4. The van der Waals surface area contributed by atoms with Crippen molar-refractivity contribution in [2.24, 2.45) is 11.8 Å². The smallest absolute Gasteiger partial charge is 0.378 e. The Morgan fingerprint density at radius 1 is 0.569 bits per heavy atom. The predicted molar refractivity (Wildman–Crippen MR) is 204 cm³/mol. The minimum absolute atomic E-state index is 0.0173. The van der Waals surface area contributed by atoms with Gasteiger partial charge in [0.1, 0.15) is 11.6 Å². The Labute approximate surface area is 327 Å². The molecule has 2 fully saturated rings. The summed E-state index contributed by atoms with van der Waals surface area (Å²) in [5.41, 5.74) is 3.14. The van der Waals surface area contributed by atoms with Gasteiger partial charge >= 0.3 is 12.4 Å². The van der Waals surface area contributed by atoms with Gasteiger partial charge in [-0.1, -0.05) is 24.3 Å². The van der Waals surface area contributed by atoms with E-state index in [1.165, 1.54) is 24.5 Å². The van der Waals surface area contributed by atoms with E-state index in [2.05, 4.69) is 30.6 Å². The Balaban J connectivity index is 0.000000177. The number of amides is 2. The summed E-state index contributed by atoms with van der Waals surface area (Å²) in [6.07, 6.45) is -5.15. The molecule has 6 aromatic rings. The van der Waals surface area contributed by atoms with E-state index in [0.717, 1.165) is 58.4 Å². The van der Waals surface area contributed by atoms with Crippen LogP contribution in [0.25, 0.3) is 43.8 Å². The molecule has 0 aliphatic heterocycles. The average molecular weight is 803 g/mol. The quantitative estimate of drug-likeness (QED) is 0.111. The molecule has 300 valence electrons. The number of rotatable bonds is 8. The van der Waals surface area contributed by atoms with Crippen molar-refractivity contribution < 1.29 is 46.1 Å². The molecule has 4 N–H and O–H groups in total. The molecule has 0 unspecified atom stereocenters. The van der Waals surface area contributed by atoms with Crippen LogP contribution in [0.3, 0.4) is 0 Å². The number of fused-ring (bicyclic) bond motifs is 2. The van der Waals surface area contributed by atoms with Gasteiger partial charge in [0.2, 0.25) is 11.8 Å². The largest absolute Gasteiger partial charge is 0.420 e. The molecule has 0 saturated heterocycles. The predicted octanol–water partition coefficient (Wildman–Crippen LogP) is 9.10. The van der Waals surface area contributed by atoms with Gasteiger partial charge in [0.15, 0.2) is 12.2 Å². The third-order valence-corrected chi connectivity index (χ3v) is 9.91. The van der Waals surface area contributed by atoms with Crippen LogP contribution in [0, 0.1) is 25.7 Å². The number of anilines is 2. The lowest BCUT2D eigenvalue weighted by molar-refractivity contribution is -0.208. The molecule has 0 spiro atoms. The van der Waals surface area contributed by atoms with Gasteiger partial charge in [-0.2, -0.15) is 26.3 Å². The van der Waals surface area contributed by atoms with Gasteiger partial charge in [-0.15, -0.1) is 0 Å². The molecule has 0 bridgehead atoms. The maximum atomic E-state index is 12.7. The molecule has 2 amide bonds. The minimum atomic E-state index is -4.76. The highest BCUT2D eigenvalue weighted by Gasteiger charge is 2.41. The molecule has 8 rings (SSSR count). The zero-order valence-corrected chi connectivity index (χ0v) is 31.0. The summed E-state index contributed by atoms with van der Waals surface area (Å²) in [6, 6.07) is 17.2. The number of nitrogens with one attached hydrogen (secondary N) is 2. The molecule has 2 saturated carbocycles. The second kappa shape index (κ2) is 15.7. The summed E-state index contributed by atoms with van der Waals surface area (Å²) >= 11 is 0. The van der Waals surface area contributed by atoms with Crippen molar-refractivity contribution in [1.82, 2.24) is 19.9 Å². The summed E-state index contributed by atoms with van der Waals surface area (Å²) < 4.78 is 76.2. The molecular weight excluding hydrogens is 766 g/mol. The standard InChI is InChI=1S/2C21H18F3N3O2/c2*1-11-6-17(19(28)21(22,23)24)25-10-16(11)14-5-4-13-8-18(26-9-15(13)7-14)27-20(29)12-2-3-12/h2*4-10,12,19,28H,2-3H2,1H3,(H,26,27,29)/t2*19-/m10/s1. The van der Waals surface area contributed by atoms with Crippen LogP contribution in [-0.2, 0) is 9.59 Å². The fraction of sp³-hybridized carbons (Fsp3) is 0.286. The van der Waals surface area contributed by atoms with Crippen LogP contribution in [0.4, 0.5) is 38.0 Å². The van der Waals surface area contributed by atoms with E-state index in [-0.39, 0.29) is 23.7 Å². The first kappa shape index (κ1) is 40.2. The molecule has 2 aliphatic rings. The number of nitrogens with zero attached hydrogens (tertiary/aromatic N) is 4. The average Bonchev–Trinajstić information content (AvgIpc) is 4.10. The van der Waals surface area contributed by atoms with Crippen LogP contribution in [0.15, 0.2) is 85.5 Å². The van der Waals surface area contributed by atoms with Gasteiger partial charge in [-0.05, 0) is 109 Å². The van der Waals surface area contributed by atoms with Gasteiger partial charge in [-0.25, -0.2) is 9.97 Å². The Hall–Kier alpha value is -6.00. The first-order valence-corrected chi connectivity index (χ1v) is 18.3. The Morgan fingerprint density at radius 3 is 1.28 bits per heavy atom. The monoisotopic (exact) mass is 802 g/mol.